The van der Waals surface area contributed by atoms with E-state index in [0.717, 1.165) is 62.4 Å². The molecule has 4 fully saturated rings. The van der Waals surface area contributed by atoms with Crippen LogP contribution in [0.5, 0.6) is 0 Å². The van der Waals surface area contributed by atoms with Gasteiger partial charge in [0.25, 0.3) is 0 Å². The van der Waals surface area contributed by atoms with Gasteiger partial charge in [0.1, 0.15) is 0 Å². The fourth-order valence-corrected chi connectivity index (χ4v) is 5.21. The normalized spacial score (nSPS) is 29.4. The van der Waals surface area contributed by atoms with E-state index in [4.69, 9.17) is 0 Å². The maximum absolute atomic E-state index is 13.0. The van der Waals surface area contributed by atoms with Gasteiger partial charge in [-0.25, -0.2) is 4.79 Å². The third-order valence-electron chi connectivity index (χ3n) is 6.70. The van der Waals surface area contributed by atoms with Gasteiger partial charge in [-0.1, -0.05) is 12.1 Å². The number of imidazole rings is 1. The third-order valence-corrected chi connectivity index (χ3v) is 6.70. The van der Waals surface area contributed by atoms with Crippen LogP contribution in [0.2, 0.25) is 0 Å². The molecule has 2 bridgehead atoms. The lowest BCUT2D eigenvalue weighted by atomic mass is 9.82. The van der Waals surface area contributed by atoms with Crippen LogP contribution in [-0.2, 0) is 4.79 Å². The summed E-state index contributed by atoms with van der Waals surface area (Å²) in [6.45, 7) is 3.68. The number of amides is 1. The molecule has 1 N–H and O–H groups in total. The van der Waals surface area contributed by atoms with Crippen LogP contribution < -0.4 is 5.69 Å². The molecule has 1 amide bonds. The van der Waals surface area contributed by atoms with E-state index in [1.54, 1.807) is 0 Å². The number of carbonyl (C=O) groups is 1. The highest BCUT2D eigenvalue weighted by Crippen LogP contribution is 2.33. The number of benzene rings is 1. The fraction of sp³-hybridized carbons (Fsp3) is 0.600. The number of H-pyrrole nitrogens is 1. The average Bonchev–Trinajstić information content (AvgIpc) is 3.04. The van der Waals surface area contributed by atoms with Gasteiger partial charge in [0.2, 0.25) is 5.91 Å². The second-order valence-electron chi connectivity index (χ2n) is 8.10. The highest BCUT2D eigenvalue weighted by atomic mass is 16.2. The number of hydrogen-bond donors (Lipinski definition) is 1. The molecule has 6 rings (SSSR count). The third kappa shape index (κ3) is 2.58. The van der Waals surface area contributed by atoms with Crippen LogP contribution in [0.1, 0.15) is 38.1 Å². The van der Waals surface area contributed by atoms with Crippen LogP contribution in [-0.4, -0.2) is 57.5 Å². The van der Waals surface area contributed by atoms with Crippen LogP contribution in [0.15, 0.2) is 29.1 Å². The van der Waals surface area contributed by atoms with Crippen molar-refractivity contribution in [2.24, 2.45) is 5.92 Å². The van der Waals surface area contributed by atoms with Gasteiger partial charge in [-0.2, -0.15) is 0 Å². The van der Waals surface area contributed by atoms with Crippen LogP contribution in [0.25, 0.3) is 11.0 Å². The summed E-state index contributed by atoms with van der Waals surface area (Å²) in [5.41, 5.74) is 1.83. The molecular formula is C20H26N4O2. The Labute approximate surface area is 152 Å². The van der Waals surface area contributed by atoms with E-state index in [1.165, 1.54) is 12.8 Å². The number of nitrogens with one attached hydrogen (secondary N) is 1. The van der Waals surface area contributed by atoms with E-state index in [1.807, 2.05) is 33.7 Å². The molecule has 4 aliphatic rings. The lowest BCUT2D eigenvalue weighted by molar-refractivity contribution is -0.142. The first kappa shape index (κ1) is 16.1. The van der Waals surface area contributed by atoms with Crippen molar-refractivity contribution in [1.29, 1.82) is 0 Å². The number of rotatable bonds is 2. The molecule has 0 saturated carbocycles. The molecule has 4 saturated heterocycles. The molecule has 5 heterocycles. The maximum Gasteiger partial charge on any atom is 0.326 e. The minimum atomic E-state index is -0.0355. The SMILES string of the molecule is O=C(C1CC2CCN1CC2)N1CCC(n2c(=O)[nH]c3ccccc32)CC1. The van der Waals surface area contributed by atoms with Gasteiger partial charge in [0.05, 0.1) is 17.1 Å². The molecule has 0 radical (unpaired) electrons. The molecule has 4 aliphatic heterocycles. The van der Waals surface area contributed by atoms with Gasteiger partial charge in [-0.15, -0.1) is 0 Å². The predicted molar refractivity (Wildman–Crippen MR) is 100 cm³/mol. The van der Waals surface area contributed by atoms with E-state index < -0.39 is 0 Å². The molecule has 1 aromatic carbocycles. The minimum absolute atomic E-state index is 0.0355. The first-order valence-electron chi connectivity index (χ1n) is 9.93. The first-order chi connectivity index (χ1) is 12.7. The molecule has 1 unspecified atom stereocenters. The molecule has 0 aliphatic carbocycles. The van der Waals surface area contributed by atoms with E-state index in [9.17, 15) is 9.59 Å². The summed E-state index contributed by atoms with van der Waals surface area (Å²) in [6, 6.07) is 8.13. The zero-order valence-corrected chi connectivity index (χ0v) is 15.1. The Kier molecular flexibility index (Phi) is 3.89. The summed E-state index contributed by atoms with van der Waals surface area (Å²) in [5.74, 6) is 1.07. The number of aromatic nitrogens is 2. The Morgan fingerprint density at radius 1 is 1.00 bits per heavy atom. The number of fused-ring (bicyclic) bond motifs is 4. The molecule has 1 aromatic heterocycles. The number of likely N-dealkylation sites (tertiary alicyclic amines) is 1. The van der Waals surface area contributed by atoms with Gasteiger partial charge in [-0.05, 0) is 63.2 Å². The molecule has 6 heteroatoms. The highest BCUT2D eigenvalue weighted by Gasteiger charge is 2.40. The number of nitrogens with zero attached hydrogens (tertiary/aromatic N) is 3. The zero-order valence-electron chi connectivity index (χ0n) is 15.1. The number of hydrogen-bond acceptors (Lipinski definition) is 3. The molecule has 2 aromatic rings. The Morgan fingerprint density at radius 2 is 1.73 bits per heavy atom. The van der Waals surface area contributed by atoms with Crippen molar-refractivity contribution < 1.29 is 4.79 Å². The Hall–Kier alpha value is -2.08. The van der Waals surface area contributed by atoms with E-state index in [2.05, 4.69) is 9.88 Å². The van der Waals surface area contributed by atoms with Crippen molar-refractivity contribution in [1.82, 2.24) is 19.4 Å². The van der Waals surface area contributed by atoms with Gasteiger partial charge < -0.3 is 9.88 Å². The standard InChI is InChI=1S/C20H26N4O2/c25-19(18-13-14-5-9-22(18)10-6-14)23-11-7-15(8-12-23)24-17-4-2-1-3-16(17)21-20(24)26/h1-4,14-15,18H,5-13H2,(H,21,26). The summed E-state index contributed by atoms with van der Waals surface area (Å²) in [7, 11) is 0. The van der Waals surface area contributed by atoms with Crippen LogP contribution in [0, 0.1) is 5.92 Å². The topological polar surface area (TPSA) is 61.3 Å². The summed E-state index contributed by atoms with van der Waals surface area (Å²) in [5, 5.41) is 0. The maximum atomic E-state index is 13.0. The van der Waals surface area contributed by atoms with E-state index in [0.29, 0.717) is 5.91 Å². The molecule has 138 valence electrons. The molecular weight excluding hydrogens is 328 g/mol. The monoisotopic (exact) mass is 354 g/mol. The van der Waals surface area contributed by atoms with Gasteiger partial charge in [0.15, 0.2) is 0 Å². The molecule has 26 heavy (non-hydrogen) atoms. The summed E-state index contributed by atoms with van der Waals surface area (Å²) < 4.78 is 1.89. The first-order valence-corrected chi connectivity index (χ1v) is 9.93. The van der Waals surface area contributed by atoms with Crippen molar-refractivity contribution in [3.05, 3.63) is 34.7 Å². The van der Waals surface area contributed by atoms with Crippen molar-refractivity contribution in [2.75, 3.05) is 26.2 Å². The van der Waals surface area contributed by atoms with Crippen LogP contribution in [0.4, 0.5) is 0 Å². The minimum Gasteiger partial charge on any atom is -0.341 e. The lowest BCUT2D eigenvalue weighted by Crippen LogP contribution is -2.57. The number of carbonyl (C=O) groups excluding carboxylic acids is 1. The van der Waals surface area contributed by atoms with Crippen molar-refractivity contribution >= 4 is 16.9 Å². The van der Waals surface area contributed by atoms with Crippen molar-refractivity contribution in [2.45, 2.75) is 44.2 Å². The van der Waals surface area contributed by atoms with Crippen LogP contribution >= 0.6 is 0 Å². The average molecular weight is 354 g/mol. The molecule has 1 atom stereocenters. The second-order valence-corrected chi connectivity index (χ2v) is 8.10. The van der Waals surface area contributed by atoms with Crippen molar-refractivity contribution in [3.63, 3.8) is 0 Å². The Balaban J connectivity index is 1.29. The Bertz CT molecular complexity index is 869. The van der Waals surface area contributed by atoms with Gasteiger partial charge >= 0.3 is 5.69 Å². The smallest absolute Gasteiger partial charge is 0.326 e. The van der Waals surface area contributed by atoms with Crippen molar-refractivity contribution in [3.8, 4) is 0 Å². The predicted octanol–water partition coefficient (Wildman–Crippen LogP) is 1.98. The van der Waals surface area contributed by atoms with Gasteiger partial charge in [-0.3, -0.25) is 14.3 Å². The largest absolute Gasteiger partial charge is 0.341 e. The summed E-state index contributed by atoms with van der Waals surface area (Å²) in [4.78, 5) is 32.8. The quantitative estimate of drug-likeness (QED) is 0.897. The lowest BCUT2D eigenvalue weighted by Gasteiger charge is -2.46. The van der Waals surface area contributed by atoms with E-state index >= 15 is 0 Å². The molecule has 0 spiro atoms. The fourth-order valence-electron chi connectivity index (χ4n) is 5.21. The highest BCUT2D eigenvalue weighted by molar-refractivity contribution is 5.82. The number of aromatic amines is 1. The number of para-hydroxylation sites is 2. The van der Waals surface area contributed by atoms with Crippen LogP contribution in [0.3, 0.4) is 0 Å². The summed E-state index contributed by atoms with van der Waals surface area (Å²) in [6.07, 6.45) is 5.26. The second kappa shape index (κ2) is 6.27. The number of piperidine rings is 4. The van der Waals surface area contributed by atoms with E-state index in [-0.39, 0.29) is 17.8 Å². The Morgan fingerprint density at radius 3 is 2.42 bits per heavy atom. The zero-order chi connectivity index (χ0) is 17.7. The van der Waals surface area contributed by atoms with Gasteiger partial charge in [0, 0.05) is 19.1 Å². The summed E-state index contributed by atoms with van der Waals surface area (Å²) >= 11 is 0. The molecule has 6 nitrogen and oxygen atoms in total.